The lowest BCUT2D eigenvalue weighted by Gasteiger charge is -2.15. The second-order valence-corrected chi connectivity index (χ2v) is 6.38. The van der Waals surface area contributed by atoms with Gasteiger partial charge in [-0.15, -0.1) is 11.8 Å². The Morgan fingerprint density at radius 2 is 1.62 bits per heavy atom. The molecule has 0 saturated heterocycles. The number of methoxy groups -OCH3 is 3. The molecule has 0 fully saturated rings. The minimum Gasteiger partial charge on any atom is -0.495 e. The van der Waals surface area contributed by atoms with E-state index in [4.69, 9.17) is 14.2 Å². The third-order valence-electron chi connectivity index (χ3n) is 3.40. The van der Waals surface area contributed by atoms with Gasteiger partial charge in [-0.1, -0.05) is 12.1 Å². The maximum atomic E-state index is 12.4. The minimum atomic E-state index is -0.284. The average Bonchev–Trinajstić information content (AvgIpc) is 2.61. The second-order valence-electron chi connectivity index (χ2n) is 4.97. The molecule has 0 heterocycles. The van der Waals surface area contributed by atoms with Gasteiger partial charge in [0.15, 0.2) is 11.5 Å². The van der Waals surface area contributed by atoms with Crippen LogP contribution in [-0.4, -0.2) is 32.5 Å². The molecule has 0 aliphatic heterocycles. The van der Waals surface area contributed by atoms with Gasteiger partial charge in [0.25, 0.3) is 0 Å². The average molecular weight is 347 g/mol. The van der Waals surface area contributed by atoms with Gasteiger partial charge in [-0.2, -0.15) is 0 Å². The Labute approximate surface area is 146 Å². The van der Waals surface area contributed by atoms with Crippen LogP contribution in [0.1, 0.15) is 6.92 Å². The van der Waals surface area contributed by atoms with E-state index < -0.39 is 0 Å². The number of carbonyl (C=O) groups is 1. The van der Waals surface area contributed by atoms with E-state index in [1.807, 2.05) is 49.4 Å². The number of ether oxygens (including phenoxy) is 3. The number of benzene rings is 2. The number of thioether (sulfide) groups is 1. The van der Waals surface area contributed by atoms with Crippen LogP contribution in [0.3, 0.4) is 0 Å². The maximum absolute atomic E-state index is 12.4. The van der Waals surface area contributed by atoms with Crippen LogP contribution in [0.15, 0.2) is 47.4 Å². The van der Waals surface area contributed by atoms with E-state index in [0.29, 0.717) is 22.9 Å². The van der Waals surface area contributed by atoms with Gasteiger partial charge in [0.1, 0.15) is 5.75 Å². The molecule has 0 saturated carbocycles. The number of carbonyl (C=O) groups excluding carboxylic acids is 1. The largest absolute Gasteiger partial charge is 0.495 e. The Bertz CT molecular complexity index is 705. The van der Waals surface area contributed by atoms with E-state index in [1.165, 1.54) is 11.8 Å². The zero-order valence-electron chi connectivity index (χ0n) is 14.2. The molecule has 2 rings (SSSR count). The first kappa shape index (κ1) is 18.0. The van der Waals surface area contributed by atoms with Crippen molar-refractivity contribution < 1.29 is 19.0 Å². The molecule has 24 heavy (non-hydrogen) atoms. The SMILES string of the molecule is COc1ccccc1NC(=O)[C@H](C)Sc1ccc(OC)c(OC)c1. The molecule has 1 N–H and O–H groups in total. The summed E-state index contributed by atoms with van der Waals surface area (Å²) in [7, 11) is 4.75. The van der Waals surface area contributed by atoms with Gasteiger partial charge in [0.2, 0.25) is 5.91 Å². The highest BCUT2D eigenvalue weighted by molar-refractivity contribution is 8.00. The minimum absolute atomic E-state index is 0.0979. The summed E-state index contributed by atoms with van der Waals surface area (Å²) in [6.45, 7) is 1.85. The van der Waals surface area contributed by atoms with Crippen molar-refractivity contribution in [1.82, 2.24) is 0 Å². The first-order chi connectivity index (χ1) is 11.6. The Morgan fingerprint density at radius 1 is 0.958 bits per heavy atom. The highest BCUT2D eigenvalue weighted by Crippen LogP contribution is 2.34. The number of anilines is 1. The maximum Gasteiger partial charge on any atom is 0.237 e. The first-order valence-electron chi connectivity index (χ1n) is 7.41. The quantitative estimate of drug-likeness (QED) is 0.772. The van der Waals surface area contributed by atoms with Gasteiger partial charge in [-0.05, 0) is 37.3 Å². The summed E-state index contributed by atoms with van der Waals surface area (Å²) in [4.78, 5) is 13.3. The number of amides is 1. The third kappa shape index (κ3) is 4.35. The Morgan fingerprint density at radius 3 is 2.29 bits per heavy atom. The van der Waals surface area contributed by atoms with Crippen LogP contribution < -0.4 is 19.5 Å². The van der Waals surface area contributed by atoms with Crippen molar-refractivity contribution in [3.05, 3.63) is 42.5 Å². The number of hydrogen-bond acceptors (Lipinski definition) is 5. The van der Waals surface area contributed by atoms with Crippen LogP contribution in [0.2, 0.25) is 0 Å². The molecule has 1 atom stereocenters. The fourth-order valence-corrected chi connectivity index (χ4v) is 3.03. The van der Waals surface area contributed by atoms with Gasteiger partial charge in [0.05, 0.1) is 32.3 Å². The van der Waals surface area contributed by atoms with Gasteiger partial charge in [-0.3, -0.25) is 4.79 Å². The normalized spacial score (nSPS) is 11.5. The van der Waals surface area contributed by atoms with Crippen LogP contribution in [-0.2, 0) is 4.79 Å². The molecule has 6 heteroatoms. The molecule has 0 aliphatic rings. The molecule has 2 aromatic rings. The molecule has 1 amide bonds. The fraction of sp³-hybridized carbons (Fsp3) is 0.278. The van der Waals surface area contributed by atoms with Crippen LogP contribution in [0.4, 0.5) is 5.69 Å². The van der Waals surface area contributed by atoms with Crippen molar-refractivity contribution in [3.8, 4) is 17.2 Å². The lowest BCUT2D eigenvalue weighted by Crippen LogP contribution is -2.22. The second kappa shape index (κ2) is 8.49. The third-order valence-corrected chi connectivity index (χ3v) is 4.50. The summed E-state index contributed by atoms with van der Waals surface area (Å²) in [6, 6.07) is 12.9. The van der Waals surface area contributed by atoms with Crippen molar-refractivity contribution in [2.45, 2.75) is 17.1 Å². The molecule has 0 bridgehead atoms. The van der Waals surface area contributed by atoms with Crippen LogP contribution in [0.5, 0.6) is 17.2 Å². The topological polar surface area (TPSA) is 56.8 Å². The molecule has 128 valence electrons. The molecule has 0 aliphatic carbocycles. The predicted octanol–water partition coefficient (Wildman–Crippen LogP) is 3.83. The highest BCUT2D eigenvalue weighted by atomic mass is 32.2. The van der Waals surface area contributed by atoms with E-state index in [9.17, 15) is 4.79 Å². The zero-order chi connectivity index (χ0) is 17.5. The van der Waals surface area contributed by atoms with Gasteiger partial charge >= 0.3 is 0 Å². The van der Waals surface area contributed by atoms with Crippen molar-refractivity contribution >= 4 is 23.4 Å². The summed E-state index contributed by atoms with van der Waals surface area (Å²) >= 11 is 1.44. The molecule has 0 unspecified atom stereocenters. The Kier molecular flexibility index (Phi) is 6.37. The van der Waals surface area contributed by atoms with E-state index >= 15 is 0 Å². The standard InChI is InChI=1S/C18H21NO4S/c1-12(18(20)19-14-7-5-6-8-15(14)21-2)24-13-9-10-16(22-3)17(11-13)23-4/h5-12H,1-4H3,(H,19,20)/t12-/m0/s1. The Hall–Kier alpha value is -2.34. The number of hydrogen-bond donors (Lipinski definition) is 1. The van der Waals surface area contributed by atoms with E-state index in [0.717, 1.165) is 4.90 Å². The molecular weight excluding hydrogens is 326 g/mol. The van der Waals surface area contributed by atoms with E-state index in [2.05, 4.69) is 5.32 Å². The predicted molar refractivity (Wildman–Crippen MR) is 96.5 cm³/mol. The van der Waals surface area contributed by atoms with Crippen molar-refractivity contribution in [1.29, 1.82) is 0 Å². The van der Waals surface area contributed by atoms with E-state index in [-0.39, 0.29) is 11.2 Å². The number of rotatable bonds is 7. The van der Waals surface area contributed by atoms with Gasteiger partial charge in [-0.25, -0.2) is 0 Å². The summed E-state index contributed by atoms with van der Waals surface area (Å²) < 4.78 is 15.8. The molecule has 5 nitrogen and oxygen atoms in total. The van der Waals surface area contributed by atoms with Crippen LogP contribution in [0, 0.1) is 0 Å². The fourth-order valence-electron chi connectivity index (χ4n) is 2.13. The number of nitrogens with one attached hydrogen (secondary N) is 1. The van der Waals surface area contributed by atoms with Crippen molar-refractivity contribution in [2.75, 3.05) is 26.6 Å². The molecule has 2 aromatic carbocycles. The van der Waals surface area contributed by atoms with Gasteiger partial charge < -0.3 is 19.5 Å². The zero-order valence-corrected chi connectivity index (χ0v) is 15.0. The smallest absolute Gasteiger partial charge is 0.237 e. The lowest BCUT2D eigenvalue weighted by molar-refractivity contribution is -0.115. The number of para-hydroxylation sites is 2. The van der Waals surface area contributed by atoms with E-state index in [1.54, 1.807) is 21.3 Å². The highest BCUT2D eigenvalue weighted by Gasteiger charge is 2.17. The monoisotopic (exact) mass is 347 g/mol. The Balaban J connectivity index is 2.06. The molecule has 0 radical (unpaired) electrons. The molecular formula is C18H21NO4S. The molecule has 0 spiro atoms. The summed E-state index contributed by atoms with van der Waals surface area (Å²) in [5.74, 6) is 1.83. The van der Waals surface area contributed by atoms with Crippen LogP contribution >= 0.6 is 11.8 Å². The summed E-state index contributed by atoms with van der Waals surface area (Å²) in [5, 5.41) is 2.61. The summed E-state index contributed by atoms with van der Waals surface area (Å²) in [5.41, 5.74) is 0.657. The van der Waals surface area contributed by atoms with Gasteiger partial charge in [0, 0.05) is 4.90 Å². The molecule has 0 aromatic heterocycles. The van der Waals surface area contributed by atoms with Crippen LogP contribution in [0.25, 0.3) is 0 Å². The van der Waals surface area contributed by atoms with Crippen molar-refractivity contribution in [2.24, 2.45) is 0 Å². The first-order valence-corrected chi connectivity index (χ1v) is 8.29. The van der Waals surface area contributed by atoms with Crippen molar-refractivity contribution in [3.63, 3.8) is 0 Å². The summed E-state index contributed by atoms with van der Waals surface area (Å²) in [6.07, 6.45) is 0. The lowest BCUT2D eigenvalue weighted by atomic mass is 10.3.